The summed E-state index contributed by atoms with van der Waals surface area (Å²) in [6.45, 7) is 0. The van der Waals surface area contributed by atoms with Gasteiger partial charge in [0, 0.05) is 20.3 Å². The molecule has 0 atom stereocenters. The molecule has 0 saturated heterocycles. The number of halogens is 1. The van der Waals surface area contributed by atoms with Crippen LogP contribution >= 0.6 is 11.6 Å². The van der Waals surface area contributed by atoms with E-state index in [9.17, 15) is 8.42 Å². The fourth-order valence-electron chi connectivity index (χ4n) is 1.70. The number of aromatic nitrogens is 1. The van der Waals surface area contributed by atoms with Crippen LogP contribution in [-0.4, -0.2) is 27.5 Å². The molecule has 2 rings (SSSR count). The summed E-state index contributed by atoms with van der Waals surface area (Å²) in [5.74, 6) is 0.257. The number of nitrogens with zero attached hydrogens (tertiary/aromatic N) is 2. The molecule has 112 valence electrons. The molecule has 21 heavy (non-hydrogen) atoms. The normalized spacial score (nSPS) is 11.2. The number of hydrogen-bond acceptors (Lipinski definition) is 5. The van der Waals surface area contributed by atoms with Gasteiger partial charge in [0.25, 0.3) is 10.0 Å². The van der Waals surface area contributed by atoms with Crippen molar-refractivity contribution in [3.05, 3.63) is 41.6 Å². The number of nitrogen functional groups attached to an aromatic ring is 1. The first-order valence-electron chi connectivity index (χ1n) is 6.01. The van der Waals surface area contributed by atoms with Crippen molar-refractivity contribution in [2.24, 2.45) is 0 Å². The number of nitrogens with one attached hydrogen (secondary N) is 1. The van der Waals surface area contributed by atoms with Crippen molar-refractivity contribution < 1.29 is 8.42 Å². The first-order chi connectivity index (χ1) is 9.79. The first-order valence-corrected chi connectivity index (χ1v) is 7.87. The van der Waals surface area contributed by atoms with Gasteiger partial charge in [0.2, 0.25) is 0 Å². The van der Waals surface area contributed by atoms with Crippen LogP contribution in [-0.2, 0) is 10.0 Å². The van der Waals surface area contributed by atoms with Gasteiger partial charge in [0.15, 0.2) is 0 Å². The molecule has 0 saturated carbocycles. The first kappa shape index (κ1) is 15.4. The molecule has 1 aromatic heterocycles. The third kappa shape index (κ3) is 3.56. The lowest BCUT2D eigenvalue weighted by Crippen LogP contribution is -2.14. The number of pyridine rings is 1. The molecule has 0 radical (unpaired) electrons. The van der Waals surface area contributed by atoms with E-state index in [4.69, 9.17) is 17.3 Å². The van der Waals surface area contributed by atoms with E-state index in [1.807, 2.05) is 19.0 Å². The predicted molar refractivity (Wildman–Crippen MR) is 85.2 cm³/mol. The van der Waals surface area contributed by atoms with E-state index >= 15 is 0 Å². The second-order valence-electron chi connectivity index (χ2n) is 4.58. The maximum atomic E-state index is 12.2. The van der Waals surface area contributed by atoms with Gasteiger partial charge in [-0.15, -0.1) is 0 Å². The maximum absolute atomic E-state index is 12.2. The molecule has 1 heterocycles. The molecule has 3 N–H and O–H groups in total. The summed E-state index contributed by atoms with van der Waals surface area (Å²) in [6.07, 6.45) is 1.20. The van der Waals surface area contributed by atoms with Gasteiger partial charge in [0.05, 0.1) is 16.4 Å². The van der Waals surface area contributed by atoms with E-state index in [1.165, 1.54) is 18.3 Å². The van der Waals surface area contributed by atoms with Gasteiger partial charge >= 0.3 is 0 Å². The van der Waals surface area contributed by atoms with Crippen LogP contribution in [0, 0.1) is 0 Å². The highest BCUT2D eigenvalue weighted by Gasteiger charge is 2.15. The molecule has 0 aliphatic rings. The van der Waals surface area contributed by atoms with Crippen LogP contribution in [0.3, 0.4) is 0 Å². The quantitative estimate of drug-likeness (QED) is 0.899. The van der Waals surface area contributed by atoms with Crippen molar-refractivity contribution >= 4 is 38.8 Å². The average molecular weight is 327 g/mol. The van der Waals surface area contributed by atoms with Gasteiger partial charge in [-0.1, -0.05) is 11.6 Å². The molecule has 0 aliphatic carbocycles. The Bertz CT molecular complexity index is 745. The van der Waals surface area contributed by atoms with E-state index in [0.717, 1.165) is 5.69 Å². The van der Waals surface area contributed by atoms with Crippen LogP contribution in [0.15, 0.2) is 41.4 Å². The van der Waals surface area contributed by atoms with Gasteiger partial charge in [0.1, 0.15) is 10.7 Å². The average Bonchev–Trinajstić information content (AvgIpc) is 2.38. The number of hydrogen-bond donors (Lipinski definition) is 2. The standard InChI is InChI=1S/C13H15ClN4O2S/c1-18(2)12-5-3-9(7-11(12)14)17-21(19,20)10-4-6-13(15)16-8-10/h3-8,17H,1-2H3,(H2,15,16). The van der Waals surface area contributed by atoms with Gasteiger partial charge < -0.3 is 10.6 Å². The highest BCUT2D eigenvalue weighted by molar-refractivity contribution is 7.92. The minimum atomic E-state index is -3.72. The molecule has 6 nitrogen and oxygen atoms in total. The molecule has 0 unspecified atom stereocenters. The van der Waals surface area contributed by atoms with E-state index in [2.05, 4.69) is 9.71 Å². The Balaban J connectivity index is 2.29. The third-order valence-corrected chi connectivity index (χ3v) is 4.42. The molecule has 0 fully saturated rings. The van der Waals surface area contributed by atoms with Gasteiger partial charge in [-0.05, 0) is 30.3 Å². The zero-order valence-electron chi connectivity index (χ0n) is 11.5. The van der Waals surface area contributed by atoms with Gasteiger partial charge in [-0.25, -0.2) is 13.4 Å². The fraction of sp³-hybridized carbons (Fsp3) is 0.154. The van der Waals surface area contributed by atoms with Crippen LogP contribution in [0.1, 0.15) is 0 Å². The number of anilines is 3. The lowest BCUT2D eigenvalue weighted by molar-refractivity contribution is 0.601. The topological polar surface area (TPSA) is 88.3 Å². The van der Waals surface area contributed by atoms with Crippen LogP contribution in [0.5, 0.6) is 0 Å². The smallest absolute Gasteiger partial charge is 0.263 e. The van der Waals surface area contributed by atoms with E-state index < -0.39 is 10.0 Å². The van der Waals surface area contributed by atoms with Gasteiger partial charge in [-0.3, -0.25) is 4.72 Å². The minimum Gasteiger partial charge on any atom is -0.384 e. The Morgan fingerprint density at radius 2 is 1.95 bits per heavy atom. The van der Waals surface area contributed by atoms with Crippen LogP contribution in [0.4, 0.5) is 17.2 Å². The summed E-state index contributed by atoms with van der Waals surface area (Å²) in [7, 11) is -0.0157. The van der Waals surface area contributed by atoms with Crippen molar-refractivity contribution in [2.45, 2.75) is 4.90 Å². The maximum Gasteiger partial charge on any atom is 0.263 e. The summed E-state index contributed by atoms with van der Waals surface area (Å²) >= 11 is 6.11. The highest BCUT2D eigenvalue weighted by Crippen LogP contribution is 2.28. The van der Waals surface area contributed by atoms with Crippen molar-refractivity contribution in [1.29, 1.82) is 0 Å². The Hall–Kier alpha value is -1.99. The van der Waals surface area contributed by atoms with Crippen LogP contribution in [0.2, 0.25) is 5.02 Å². The molecule has 0 bridgehead atoms. The Kier molecular flexibility index (Phi) is 4.24. The second-order valence-corrected chi connectivity index (χ2v) is 6.67. The Morgan fingerprint density at radius 1 is 1.24 bits per heavy atom. The monoisotopic (exact) mass is 326 g/mol. The number of sulfonamides is 1. The summed E-state index contributed by atoms with van der Waals surface area (Å²) in [5.41, 5.74) is 6.62. The largest absolute Gasteiger partial charge is 0.384 e. The molecule has 0 amide bonds. The molecule has 1 aromatic carbocycles. The van der Waals surface area contributed by atoms with Crippen molar-refractivity contribution in [3.63, 3.8) is 0 Å². The lowest BCUT2D eigenvalue weighted by Gasteiger charge is -2.15. The summed E-state index contributed by atoms with van der Waals surface area (Å²) in [4.78, 5) is 5.64. The highest BCUT2D eigenvalue weighted by atomic mass is 35.5. The SMILES string of the molecule is CN(C)c1ccc(NS(=O)(=O)c2ccc(N)nc2)cc1Cl. The summed E-state index contributed by atoms with van der Waals surface area (Å²) in [6, 6.07) is 7.75. The van der Waals surface area contributed by atoms with Crippen molar-refractivity contribution in [1.82, 2.24) is 4.98 Å². The van der Waals surface area contributed by atoms with E-state index in [-0.39, 0.29) is 10.7 Å². The molecular weight excluding hydrogens is 312 g/mol. The zero-order valence-corrected chi connectivity index (χ0v) is 13.1. The number of nitrogens with two attached hydrogens (primary N) is 1. The molecule has 8 heteroatoms. The molecule has 0 spiro atoms. The summed E-state index contributed by atoms with van der Waals surface area (Å²) < 4.78 is 26.8. The van der Waals surface area contributed by atoms with E-state index in [1.54, 1.807) is 18.2 Å². The Labute approximate surface area is 128 Å². The van der Waals surface area contributed by atoms with E-state index in [0.29, 0.717) is 10.7 Å². The lowest BCUT2D eigenvalue weighted by atomic mass is 10.3. The third-order valence-electron chi connectivity index (χ3n) is 2.75. The van der Waals surface area contributed by atoms with Crippen LogP contribution < -0.4 is 15.4 Å². The predicted octanol–water partition coefficient (Wildman–Crippen LogP) is 2.18. The second kappa shape index (κ2) is 5.79. The van der Waals surface area contributed by atoms with Crippen LogP contribution in [0.25, 0.3) is 0 Å². The molecule has 0 aliphatic heterocycles. The van der Waals surface area contributed by atoms with Crippen molar-refractivity contribution in [3.8, 4) is 0 Å². The fourth-order valence-corrected chi connectivity index (χ4v) is 3.04. The number of benzene rings is 1. The van der Waals surface area contributed by atoms with Gasteiger partial charge in [-0.2, -0.15) is 0 Å². The molecular formula is C13H15ClN4O2S. The summed E-state index contributed by atoms with van der Waals surface area (Å²) in [5, 5.41) is 0.454. The Morgan fingerprint density at radius 3 is 2.48 bits per heavy atom. The number of rotatable bonds is 4. The van der Waals surface area contributed by atoms with Crippen molar-refractivity contribution in [2.75, 3.05) is 29.5 Å². The zero-order chi connectivity index (χ0) is 15.6. The minimum absolute atomic E-state index is 0.0320. The molecule has 2 aromatic rings.